The van der Waals surface area contributed by atoms with Gasteiger partial charge in [0, 0.05) is 7.11 Å². The molecule has 1 saturated carbocycles. The third kappa shape index (κ3) is 3.10. The number of nitrogens with two attached hydrogens (primary N) is 1. The van der Waals surface area contributed by atoms with Crippen LogP contribution in [0.1, 0.15) is 51.1 Å². The molecule has 3 heteroatoms. The molecule has 0 aromatic heterocycles. The van der Waals surface area contributed by atoms with Crippen molar-refractivity contribution in [3.63, 3.8) is 0 Å². The van der Waals surface area contributed by atoms with Gasteiger partial charge in [-0.05, 0) is 43.4 Å². The third-order valence-electron chi connectivity index (χ3n) is 4.24. The van der Waals surface area contributed by atoms with Gasteiger partial charge < -0.3 is 15.2 Å². The fraction of sp³-hybridized carbons (Fsp3) is 0.625. The molecule has 0 radical (unpaired) electrons. The lowest BCUT2D eigenvalue weighted by Gasteiger charge is -2.36. The van der Waals surface area contributed by atoms with E-state index in [-0.39, 0.29) is 11.6 Å². The second-order valence-electron chi connectivity index (χ2n) is 5.34. The lowest BCUT2D eigenvalue weighted by atomic mass is 9.84. The Hall–Kier alpha value is -1.06. The first kappa shape index (κ1) is 14.4. The van der Waals surface area contributed by atoms with E-state index in [1.54, 1.807) is 7.11 Å². The normalized spacial score (nSPS) is 17.3. The number of hydrogen-bond acceptors (Lipinski definition) is 3. The fourth-order valence-corrected chi connectivity index (χ4v) is 2.54. The predicted octanol–water partition coefficient (Wildman–Crippen LogP) is 3.43. The van der Waals surface area contributed by atoms with Crippen LogP contribution in [0.15, 0.2) is 24.3 Å². The largest absolute Gasteiger partial charge is 0.490 e. The van der Waals surface area contributed by atoms with E-state index in [0.717, 1.165) is 24.2 Å². The molecule has 1 aromatic rings. The van der Waals surface area contributed by atoms with Gasteiger partial charge in [-0.25, -0.2) is 0 Å². The van der Waals surface area contributed by atoms with Crippen molar-refractivity contribution < 1.29 is 9.47 Å². The standard InChI is InChI=1S/C16H25NO2/c1-4-16(5-2,18-3)15(17)12-6-8-13(9-7-12)19-14-10-11-14/h6-9,14-15H,4-5,10-11,17H2,1-3H3. The Labute approximate surface area is 116 Å². The molecule has 1 aromatic carbocycles. The SMILES string of the molecule is CCC(CC)(OC)C(N)c1ccc(OC2CC2)cc1. The Kier molecular flexibility index (Phi) is 4.48. The zero-order valence-electron chi connectivity index (χ0n) is 12.2. The smallest absolute Gasteiger partial charge is 0.119 e. The Morgan fingerprint density at radius 2 is 1.79 bits per heavy atom. The lowest BCUT2D eigenvalue weighted by molar-refractivity contribution is -0.0385. The van der Waals surface area contributed by atoms with E-state index < -0.39 is 0 Å². The van der Waals surface area contributed by atoms with Crippen molar-refractivity contribution in [2.75, 3.05) is 7.11 Å². The van der Waals surface area contributed by atoms with Gasteiger partial charge in [-0.2, -0.15) is 0 Å². The molecule has 0 spiro atoms. The molecule has 3 nitrogen and oxygen atoms in total. The van der Waals surface area contributed by atoms with Gasteiger partial charge >= 0.3 is 0 Å². The van der Waals surface area contributed by atoms with E-state index in [1.165, 1.54) is 12.8 Å². The molecule has 0 heterocycles. The minimum Gasteiger partial charge on any atom is -0.490 e. The van der Waals surface area contributed by atoms with E-state index in [2.05, 4.69) is 26.0 Å². The first-order valence-corrected chi connectivity index (χ1v) is 7.22. The van der Waals surface area contributed by atoms with Crippen LogP contribution < -0.4 is 10.5 Å². The summed E-state index contributed by atoms with van der Waals surface area (Å²) in [5.41, 5.74) is 7.23. The van der Waals surface area contributed by atoms with Gasteiger partial charge in [0.15, 0.2) is 0 Å². The summed E-state index contributed by atoms with van der Waals surface area (Å²) < 4.78 is 11.5. The number of benzene rings is 1. The molecule has 1 unspecified atom stereocenters. The summed E-state index contributed by atoms with van der Waals surface area (Å²) in [5.74, 6) is 0.939. The van der Waals surface area contributed by atoms with Gasteiger partial charge in [-0.1, -0.05) is 26.0 Å². The second kappa shape index (κ2) is 5.93. The minimum atomic E-state index is -0.279. The summed E-state index contributed by atoms with van der Waals surface area (Å²) in [4.78, 5) is 0. The van der Waals surface area contributed by atoms with E-state index in [4.69, 9.17) is 15.2 Å². The average Bonchev–Trinajstić information content (AvgIpc) is 3.26. The summed E-state index contributed by atoms with van der Waals surface area (Å²) >= 11 is 0. The second-order valence-corrected chi connectivity index (χ2v) is 5.34. The van der Waals surface area contributed by atoms with Gasteiger partial charge in [0.25, 0.3) is 0 Å². The summed E-state index contributed by atoms with van der Waals surface area (Å²) in [6.07, 6.45) is 4.60. The summed E-state index contributed by atoms with van der Waals surface area (Å²) in [6, 6.07) is 8.03. The molecule has 1 atom stereocenters. The molecule has 1 aliphatic rings. The quantitative estimate of drug-likeness (QED) is 0.819. The van der Waals surface area contributed by atoms with Crippen molar-refractivity contribution in [1.82, 2.24) is 0 Å². The van der Waals surface area contributed by atoms with E-state index in [9.17, 15) is 0 Å². The Morgan fingerprint density at radius 3 is 2.21 bits per heavy atom. The predicted molar refractivity (Wildman–Crippen MR) is 77.3 cm³/mol. The van der Waals surface area contributed by atoms with Crippen molar-refractivity contribution in [2.45, 2.75) is 57.3 Å². The number of rotatable bonds is 7. The fourth-order valence-electron chi connectivity index (χ4n) is 2.54. The van der Waals surface area contributed by atoms with Crippen LogP contribution >= 0.6 is 0 Å². The van der Waals surface area contributed by atoms with Crippen molar-refractivity contribution in [3.05, 3.63) is 29.8 Å². The molecule has 0 amide bonds. The molecule has 1 aliphatic carbocycles. The third-order valence-corrected chi connectivity index (χ3v) is 4.24. The topological polar surface area (TPSA) is 44.5 Å². The van der Waals surface area contributed by atoms with Crippen molar-refractivity contribution in [3.8, 4) is 5.75 Å². The van der Waals surface area contributed by atoms with Crippen molar-refractivity contribution >= 4 is 0 Å². The Morgan fingerprint density at radius 1 is 1.21 bits per heavy atom. The Bertz CT molecular complexity index is 385. The molecule has 0 bridgehead atoms. The van der Waals surface area contributed by atoms with Crippen LogP contribution in [-0.4, -0.2) is 18.8 Å². The first-order valence-electron chi connectivity index (χ1n) is 7.22. The molecule has 2 N–H and O–H groups in total. The first-order chi connectivity index (χ1) is 9.15. The van der Waals surface area contributed by atoms with Crippen LogP contribution in [0.4, 0.5) is 0 Å². The van der Waals surface area contributed by atoms with Crippen LogP contribution in [0.5, 0.6) is 5.75 Å². The maximum atomic E-state index is 6.40. The minimum absolute atomic E-state index is 0.109. The lowest BCUT2D eigenvalue weighted by Crippen LogP contribution is -2.42. The molecule has 1 fully saturated rings. The van der Waals surface area contributed by atoms with E-state index in [0.29, 0.717) is 6.10 Å². The maximum absolute atomic E-state index is 6.40. The molecule has 2 rings (SSSR count). The highest BCUT2D eigenvalue weighted by Crippen LogP contribution is 2.34. The molecular formula is C16H25NO2. The molecular weight excluding hydrogens is 238 g/mol. The number of methoxy groups -OCH3 is 1. The van der Waals surface area contributed by atoms with Crippen molar-refractivity contribution in [1.29, 1.82) is 0 Å². The van der Waals surface area contributed by atoms with Gasteiger partial charge in [-0.15, -0.1) is 0 Å². The highest BCUT2D eigenvalue weighted by molar-refractivity contribution is 5.31. The Balaban J connectivity index is 2.10. The monoisotopic (exact) mass is 263 g/mol. The zero-order valence-corrected chi connectivity index (χ0v) is 12.2. The van der Waals surface area contributed by atoms with Gasteiger partial charge in [-0.3, -0.25) is 0 Å². The van der Waals surface area contributed by atoms with E-state index in [1.807, 2.05) is 12.1 Å². The molecule has 19 heavy (non-hydrogen) atoms. The summed E-state index contributed by atoms with van der Waals surface area (Å²) in [6.45, 7) is 4.24. The number of hydrogen-bond donors (Lipinski definition) is 1. The van der Waals surface area contributed by atoms with Crippen LogP contribution in [0, 0.1) is 0 Å². The highest BCUT2D eigenvalue weighted by Gasteiger charge is 2.34. The van der Waals surface area contributed by atoms with Crippen LogP contribution in [-0.2, 0) is 4.74 Å². The van der Waals surface area contributed by atoms with Crippen LogP contribution in [0.2, 0.25) is 0 Å². The van der Waals surface area contributed by atoms with Gasteiger partial charge in [0.05, 0.1) is 17.7 Å². The van der Waals surface area contributed by atoms with Gasteiger partial charge in [0.1, 0.15) is 5.75 Å². The van der Waals surface area contributed by atoms with Crippen LogP contribution in [0.25, 0.3) is 0 Å². The molecule has 0 saturated heterocycles. The van der Waals surface area contributed by atoms with E-state index >= 15 is 0 Å². The van der Waals surface area contributed by atoms with Crippen LogP contribution in [0.3, 0.4) is 0 Å². The summed E-state index contributed by atoms with van der Waals surface area (Å²) in [5, 5.41) is 0. The maximum Gasteiger partial charge on any atom is 0.119 e. The van der Waals surface area contributed by atoms with Gasteiger partial charge in [0.2, 0.25) is 0 Å². The van der Waals surface area contributed by atoms with Crippen molar-refractivity contribution in [2.24, 2.45) is 5.73 Å². The molecule has 106 valence electrons. The number of ether oxygens (including phenoxy) is 2. The highest BCUT2D eigenvalue weighted by atomic mass is 16.5. The molecule has 0 aliphatic heterocycles. The summed E-state index contributed by atoms with van der Waals surface area (Å²) in [7, 11) is 1.75. The average molecular weight is 263 g/mol. The zero-order chi connectivity index (χ0) is 13.9.